The summed E-state index contributed by atoms with van der Waals surface area (Å²) in [6.07, 6.45) is 5.38. The van der Waals surface area contributed by atoms with Crippen molar-refractivity contribution in [2.45, 2.75) is 53.0 Å². The van der Waals surface area contributed by atoms with Crippen LogP contribution in [0.3, 0.4) is 0 Å². The molecule has 1 aromatic heterocycles. The first-order valence-electron chi connectivity index (χ1n) is 8.15. The summed E-state index contributed by atoms with van der Waals surface area (Å²) in [4.78, 5) is 2.54. The van der Waals surface area contributed by atoms with Crippen molar-refractivity contribution in [1.82, 2.24) is 15.1 Å². The molecule has 1 aliphatic rings. The summed E-state index contributed by atoms with van der Waals surface area (Å²) in [5.41, 5.74) is 2.54. The maximum absolute atomic E-state index is 4.63. The Kier molecular flexibility index (Phi) is 5.46. The van der Waals surface area contributed by atoms with Crippen LogP contribution in [-0.4, -0.2) is 29.4 Å². The minimum Gasteiger partial charge on any atom is -0.357 e. The first-order chi connectivity index (χ1) is 9.67. The van der Waals surface area contributed by atoms with Crippen molar-refractivity contribution in [2.24, 2.45) is 13.0 Å². The van der Waals surface area contributed by atoms with Crippen LogP contribution in [0.1, 0.15) is 50.8 Å². The number of piperidine rings is 1. The molecular formula is C16H30N4. The third-order valence-corrected chi connectivity index (χ3v) is 4.48. The van der Waals surface area contributed by atoms with E-state index in [9.17, 15) is 0 Å². The SMILES string of the molecule is CCCC1CCN(c2c(CNCC)c(C)nn2C)CC1. The van der Waals surface area contributed by atoms with E-state index >= 15 is 0 Å². The highest BCUT2D eigenvalue weighted by Crippen LogP contribution is 2.29. The molecule has 1 saturated heterocycles. The van der Waals surface area contributed by atoms with Gasteiger partial charge < -0.3 is 10.2 Å². The van der Waals surface area contributed by atoms with Gasteiger partial charge in [0.25, 0.3) is 0 Å². The molecule has 0 saturated carbocycles. The van der Waals surface area contributed by atoms with Crippen LogP contribution in [-0.2, 0) is 13.6 Å². The molecule has 20 heavy (non-hydrogen) atoms. The van der Waals surface area contributed by atoms with Crippen LogP contribution >= 0.6 is 0 Å². The number of aromatic nitrogens is 2. The smallest absolute Gasteiger partial charge is 0.131 e. The van der Waals surface area contributed by atoms with Gasteiger partial charge in [-0.2, -0.15) is 5.10 Å². The van der Waals surface area contributed by atoms with Gasteiger partial charge in [-0.05, 0) is 32.2 Å². The molecule has 0 atom stereocenters. The van der Waals surface area contributed by atoms with E-state index in [0.29, 0.717) is 0 Å². The van der Waals surface area contributed by atoms with Gasteiger partial charge in [0.1, 0.15) is 5.82 Å². The maximum atomic E-state index is 4.63. The number of aryl methyl sites for hydroxylation is 2. The minimum absolute atomic E-state index is 0.931. The molecule has 2 rings (SSSR count). The summed E-state index contributed by atoms with van der Waals surface area (Å²) in [5, 5.41) is 8.08. The molecule has 1 fully saturated rings. The average molecular weight is 278 g/mol. The number of nitrogens with zero attached hydrogens (tertiary/aromatic N) is 3. The van der Waals surface area contributed by atoms with Gasteiger partial charge in [-0.15, -0.1) is 0 Å². The van der Waals surface area contributed by atoms with E-state index in [1.165, 1.54) is 55.8 Å². The van der Waals surface area contributed by atoms with Gasteiger partial charge in [-0.3, -0.25) is 4.68 Å². The van der Waals surface area contributed by atoms with Gasteiger partial charge in [0, 0.05) is 32.2 Å². The van der Waals surface area contributed by atoms with E-state index in [0.717, 1.165) is 19.0 Å². The third kappa shape index (κ3) is 3.35. The molecule has 0 spiro atoms. The lowest BCUT2D eigenvalue weighted by molar-refractivity contribution is 0.375. The Hall–Kier alpha value is -1.03. The zero-order valence-electron chi connectivity index (χ0n) is 13.6. The number of hydrogen-bond donors (Lipinski definition) is 1. The Bertz CT molecular complexity index is 416. The molecule has 0 unspecified atom stereocenters. The fourth-order valence-electron chi connectivity index (χ4n) is 3.38. The summed E-state index contributed by atoms with van der Waals surface area (Å²) >= 11 is 0. The summed E-state index contributed by atoms with van der Waals surface area (Å²) in [6.45, 7) is 10.9. The predicted octanol–water partition coefficient (Wildman–Crippen LogP) is 2.85. The molecular weight excluding hydrogens is 248 g/mol. The van der Waals surface area contributed by atoms with Crippen molar-refractivity contribution in [3.05, 3.63) is 11.3 Å². The van der Waals surface area contributed by atoms with Crippen LogP contribution < -0.4 is 10.2 Å². The second-order valence-corrected chi connectivity index (χ2v) is 6.01. The van der Waals surface area contributed by atoms with Gasteiger partial charge in [-0.25, -0.2) is 0 Å². The van der Waals surface area contributed by atoms with Crippen molar-refractivity contribution >= 4 is 5.82 Å². The fraction of sp³-hybridized carbons (Fsp3) is 0.812. The highest BCUT2D eigenvalue weighted by Gasteiger charge is 2.24. The van der Waals surface area contributed by atoms with E-state index in [-0.39, 0.29) is 0 Å². The molecule has 4 nitrogen and oxygen atoms in total. The largest absolute Gasteiger partial charge is 0.357 e. The van der Waals surface area contributed by atoms with Gasteiger partial charge in [0.2, 0.25) is 0 Å². The maximum Gasteiger partial charge on any atom is 0.131 e. The Morgan fingerprint density at radius 1 is 1.25 bits per heavy atom. The molecule has 0 aromatic carbocycles. The van der Waals surface area contributed by atoms with Crippen LogP contribution in [0.4, 0.5) is 5.82 Å². The molecule has 0 bridgehead atoms. The summed E-state index contributed by atoms with van der Waals surface area (Å²) in [7, 11) is 2.08. The normalized spacial score (nSPS) is 16.9. The zero-order valence-corrected chi connectivity index (χ0v) is 13.6. The Morgan fingerprint density at radius 2 is 1.95 bits per heavy atom. The number of hydrogen-bond acceptors (Lipinski definition) is 3. The number of anilines is 1. The van der Waals surface area contributed by atoms with Crippen molar-refractivity contribution in [2.75, 3.05) is 24.5 Å². The molecule has 114 valence electrons. The first kappa shape index (κ1) is 15.4. The van der Waals surface area contributed by atoms with Gasteiger partial charge in [0.15, 0.2) is 0 Å². The van der Waals surface area contributed by atoms with Crippen LogP contribution in [0.5, 0.6) is 0 Å². The molecule has 4 heteroatoms. The van der Waals surface area contributed by atoms with Crippen molar-refractivity contribution in [3.8, 4) is 0 Å². The van der Waals surface area contributed by atoms with E-state index in [4.69, 9.17) is 0 Å². The topological polar surface area (TPSA) is 33.1 Å². The lowest BCUT2D eigenvalue weighted by Gasteiger charge is -2.34. The Balaban J connectivity index is 2.08. The van der Waals surface area contributed by atoms with E-state index in [1.54, 1.807) is 0 Å². The van der Waals surface area contributed by atoms with E-state index < -0.39 is 0 Å². The third-order valence-electron chi connectivity index (χ3n) is 4.48. The van der Waals surface area contributed by atoms with Crippen LogP contribution in [0, 0.1) is 12.8 Å². The standard InChI is InChI=1S/C16H30N4/c1-5-7-14-8-10-20(11-9-14)16-15(12-17-6-2)13(3)18-19(16)4/h14,17H,5-12H2,1-4H3. The minimum atomic E-state index is 0.931. The molecule has 0 aliphatic carbocycles. The van der Waals surface area contributed by atoms with Gasteiger partial charge in [0.05, 0.1) is 5.69 Å². The lowest BCUT2D eigenvalue weighted by atomic mass is 9.92. The second kappa shape index (κ2) is 7.11. The summed E-state index contributed by atoms with van der Waals surface area (Å²) < 4.78 is 2.07. The molecule has 0 amide bonds. The highest BCUT2D eigenvalue weighted by molar-refractivity contribution is 5.50. The second-order valence-electron chi connectivity index (χ2n) is 6.01. The quantitative estimate of drug-likeness (QED) is 0.868. The first-order valence-corrected chi connectivity index (χ1v) is 8.15. The van der Waals surface area contributed by atoms with Crippen LogP contribution in [0.25, 0.3) is 0 Å². The van der Waals surface area contributed by atoms with Crippen LogP contribution in [0.2, 0.25) is 0 Å². The number of nitrogens with one attached hydrogen (secondary N) is 1. The van der Waals surface area contributed by atoms with E-state index in [2.05, 4.69) is 47.8 Å². The molecule has 0 radical (unpaired) electrons. The zero-order chi connectivity index (χ0) is 14.5. The monoisotopic (exact) mass is 278 g/mol. The molecule has 1 aromatic rings. The Labute approximate surface area is 123 Å². The van der Waals surface area contributed by atoms with Gasteiger partial charge in [-0.1, -0.05) is 26.7 Å². The van der Waals surface area contributed by atoms with Crippen molar-refractivity contribution in [3.63, 3.8) is 0 Å². The van der Waals surface area contributed by atoms with Crippen molar-refractivity contribution < 1.29 is 0 Å². The predicted molar refractivity (Wildman–Crippen MR) is 85.2 cm³/mol. The van der Waals surface area contributed by atoms with Gasteiger partial charge >= 0.3 is 0 Å². The van der Waals surface area contributed by atoms with Crippen LogP contribution in [0.15, 0.2) is 0 Å². The lowest BCUT2D eigenvalue weighted by Crippen LogP contribution is -2.35. The van der Waals surface area contributed by atoms with E-state index in [1.807, 2.05) is 0 Å². The fourth-order valence-corrected chi connectivity index (χ4v) is 3.38. The Morgan fingerprint density at radius 3 is 2.55 bits per heavy atom. The molecule has 1 N–H and O–H groups in total. The average Bonchev–Trinajstić information content (AvgIpc) is 2.72. The molecule has 2 heterocycles. The highest BCUT2D eigenvalue weighted by atomic mass is 15.4. The summed E-state index contributed by atoms with van der Waals surface area (Å²) in [5.74, 6) is 2.26. The molecule has 1 aliphatic heterocycles. The summed E-state index contributed by atoms with van der Waals surface area (Å²) in [6, 6.07) is 0. The van der Waals surface area contributed by atoms with Crippen molar-refractivity contribution in [1.29, 1.82) is 0 Å². The number of rotatable bonds is 6.